The van der Waals surface area contributed by atoms with Crippen LogP contribution in [0.4, 0.5) is 11.4 Å². The molecule has 0 aliphatic carbocycles. The highest BCUT2D eigenvalue weighted by Crippen LogP contribution is 2.19. The van der Waals surface area contributed by atoms with Crippen LogP contribution in [0, 0.1) is 11.3 Å². The van der Waals surface area contributed by atoms with E-state index in [0.29, 0.717) is 34.3 Å². The Labute approximate surface area is 191 Å². The minimum absolute atomic E-state index is 0.0502. The number of halogens is 1. The summed E-state index contributed by atoms with van der Waals surface area (Å²) < 4.78 is 5.80. The Kier molecular flexibility index (Phi) is 7.63. The summed E-state index contributed by atoms with van der Waals surface area (Å²) in [6.07, 6.45) is 1.50. The molecule has 32 heavy (non-hydrogen) atoms. The predicted octanol–water partition coefficient (Wildman–Crippen LogP) is 5.42. The molecule has 6 nitrogen and oxygen atoms in total. The van der Waals surface area contributed by atoms with Gasteiger partial charge in [0.1, 0.15) is 24.0 Å². The van der Waals surface area contributed by atoms with E-state index in [0.717, 1.165) is 5.56 Å². The van der Waals surface area contributed by atoms with Crippen LogP contribution in [0.1, 0.15) is 18.1 Å². The van der Waals surface area contributed by atoms with Gasteiger partial charge >= 0.3 is 0 Å². The molecule has 3 aromatic carbocycles. The maximum atomic E-state index is 12.5. The number of carbonyl (C=O) groups excluding carboxylic acids is 2. The van der Waals surface area contributed by atoms with Gasteiger partial charge in [0.15, 0.2) is 0 Å². The van der Waals surface area contributed by atoms with E-state index in [4.69, 9.17) is 16.3 Å². The van der Waals surface area contributed by atoms with Crippen molar-refractivity contribution in [3.63, 3.8) is 0 Å². The van der Waals surface area contributed by atoms with E-state index >= 15 is 0 Å². The lowest BCUT2D eigenvalue weighted by Gasteiger charge is -2.08. The Morgan fingerprint density at radius 3 is 2.28 bits per heavy atom. The van der Waals surface area contributed by atoms with Crippen molar-refractivity contribution in [3.05, 3.63) is 94.5 Å². The van der Waals surface area contributed by atoms with Crippen LogP contribution in [0.5, 0.6) is 5.75 Å². The van der Waals surface area contributed by atoms with Crippen molar-refractivity contribution in [1.82, 2.24) is 0 Å². The highest BCUT2D eigenvalue weighted by atomic mass is 35.5. The fourth-order valence-electron chi connectivity index (χ4n) is 2.80. The van der Waals surface area contributed by atoms with Crippen molar-refractivity contribution in [3.8, 4) is 11.8 Å². The molecule has 0 saturated heterocycles. The number of nitriles is 1. The molecular weight excluding hydrogens is 426 g/mol. The smallest absolute Gasteiger partial charge is 0.266 e. The van der Waals surface area contributed by atoms with E-state index in [1.54, 1.807) is 60.7 Å². The van der Waals surface area contributed by atoms with Gasteiger partial charge in [-0.2, -0.15) is 5.26 Å². The number of benzene rings is 3. The van der Waals surface area contributed by atoms with Crippen LogP contribution in [-0.2, 0) is 16.2 Å². The molecule has 0 fully saturated rings. The van der Waals surface area contributed by atoms with E-state index in [1.807, 2.05) is 18.2 Å². The van der Waals surface area contributed by atoms with Crippen LogP contribution in [0.3, 0.4) is 0 Å². The summed E-state index contributed by atoms with van der Waals surface area (Å²) in [5.41, 5.74) is 2.70. The maximum Gasteiger partial charge on any atom is 0.266 e. The van der Waals surface area contributed by atoms with Crippen LogP contribution in [-0.4, -0.2) is 11.8 Å². The van der Waals surface area contributed by atoms with Gasteiger partial charge in [-0.05, 0) is 65.7 Å². The number of amides is 2. The third-order valence-corrected chi connectivity index (χ3v) is 4.57. The Morgan fingerprint density at radius 1 is 1.00 bits per heavy atom. The van der Waals surface area contributed by atoms with Gasteiger partial charge in [0.05, 0.1) is 0 Å². The summed E-state index contributed by atoms with van der Waals surface area (Å²) in [4.78, 5) is 23.6. The Bertz CT molecular complexity index is 1180. The molecule has 0 aromatic heterocycles. The summed E-state index contributed by atoms with van der Waals surface area (Å²) in [5.74, 6) is -0.108. The van der Waals surface area contributed by atoms with Gasteiger partial charge in [0.2, 0.25) is 5.91 Å². The molecule has 3 rings (SSSR count). The molecule has 2 amide bonds. The molecule has 2 N–H and O–H groups in total. The summed E-state index contributed by atoms with van der Waals surface area (Å²) >= 11 is 5.89. The summed E-state index contributed by atoms with van der Waals surface area (Å²) in [7, 11) is 0. The predicted molar refractivity (Wildman–Crippen MR) is 125 cm³/mol. The SMILES string of the molecule is CC(=O)Nc1ccc(NC(=O)/C(C#N)=C/c2cccc(OCc3ccc(Cl)cc3)c2)cc1. The van der Waals surface area contributed by atoms with Gasteiger partial charge in [0, 0.05) is 23.3 Å². The van der Waals surface area contributed by atoms with Crippen molar-refractivity contribution in [2.24, 2.45) is 0 Å². The van der Waals surface area contributed by atoms with Crippen LogP contribution in [0.25, 0.3) is 6.08 Å². The summed E-state index contributed by atoms with van der Waals surface area (Å²) in [5, 5.41) is 15.4. The zero-order valence-electron chi connectivity index (χ0n) is 17.3. The molecule has 3 aromatic rings. The first-order valence-corrected chi connectivity index (χ1v) is 10.1. The minimum Gasteiger partial charge on any atom is -0.489 e. The molecule has 0 saturated carbocycles. The zero-order valence-corrected chi connectivity index (χ0v) is 18.0. The van der Waals surface area contributed by atoms with Crippen LogP contribution >= 0.6 is 11.6 Å². The van der Waals surface area contributed by atoms with Crippen molar-refractivity contribution in [1.29, 1.82) is 5.26 Å². The van der Waals surface area contributed by atoms with E-state index in [2.05, 4.69) is 10.6 Å². The van der Waals surface area contributed by atoms with Gasteiger partial charge < -0.3 is 15.4 Å². The number of ether oxygens (including phenoxy) is 1. The van der Waals surface area contributed by atoms with E-state index < -0.39 is 5.91 Å². The average molecular weight is 446 g/mol. The van der Waals surface area contributed by atoms with Crippen molar-refractivity contribution >= 4 is 40.9 Å². The summed E-state index contributed by atoms with van der Waals surface area (Å²) in [6.45, 7) is 1.78. The number of hydrogen-bond acceptors (Lipinski definition) is 4. The second-order valence-corrected chi connectivity index (χ2v) is 7.31. The van der Waals surface area contributed by atoms with E-state index in [1.165, 1.54) is 13.0 Å². The maximum absolute atomic E-state index is 12.5. The van der Waals surface area contributed by atoms with Crippen molar-refractivity contribution in [2.45, 2.75) is 13.5 Å². The van der Waals surface area contributed by atoms with Crippen molar-refractivity contribution in [2.75, 3.05) is 10.6 Å². The highest BCUT2D eigenvalue weighted by Gasteiger charge is 2.10. The second-order valence-electron chi connectivity index (χ2n) is 6.87. The standard InChI is InChI=1S/C25H20ClN3O3/c1-17(30)28-22-9-11-23(12-10-22)29-25(31)20(15-27)13-19-3-2-4-24(14-19)32-16-18-5-7-21(26)8-6-18/h2-14H,16H2,1H3,(H,28,30)(H,29,31)/b20-13+. The molecule has 0 spiro atoms. The average Bonchev–Trinajstić information content (AvgIpc) is 2.78. The Morgan fingerprint density at radius 2 is 1.66 bits per heavy atom. The zero-order chi connectivity index (χ0) is 22.9. The lowest BCUT2D eigenvalue weighted by molar-refractivity contribution is -0.114. The molecule has 0 unspecified atom stereocenters. The third-order valence-electron chi connectivity index (χ3n) is 4.32. The first-order chi connectivity index (χ1) is 15.4. The van der Waals surface area contributed by atoms with Crippen molar-refractivity contribution < 1.29 is 14.3 Å². The van der Waals surface area contributed by atoms with Gasteiger partial charge in [0.25, 0.3) is 5.91 Å². The van der Waals surface area contributed by atoms with Crippen LogP contribution in [0.15, 0.2) is 78.4 Å². The molecule has 160 valence electrons. The molecule has 0 bridgehead atoms. The molecule has 0 aliphatic rings. The Hall–Kier alpha value is -4.08. The normalized spacial score (nSPS) is 10.7. The Balaban J connectivity index is 1.66. The van der Waals surface area contributed by atoms with Gasteiger partial charge in [-0.25, -0.2) is 0 Å². The fraction of sp³-hybridized carbons (Fsp3) is 0.0800. The number of anilines is 2. The number of nitrogens with one attached hydrogen (secondary N) is 2. The van der Waals surface area contributed by atoms with Gasteiger partial charge in [-0.15, -0.1) is 0 Å². The number of nitrogens with zero attached hydrogens (tertiary/aromatic N) is 1. The third kappa shape index (κ3) is 6.73. The molecule has 7 heteroatoms. The van der Waals surface area contributed by atoms with E-state index in [9.17, 15) is 14.9 Å². The lowest BCUT2D eigenvalue weighted by Crippen LogP contribution is -2.13. The topological polar surface area (TPSA) is 91.2 Å². The molecular formula is C25H20ClN3O3. The highest BCUT2D eigenvalue weighted by molar-refractivity contribution is 6.30. The van der Waals surface area contributed by atoms with Crippen LogP contribution in [0.2, 0.25) is 5.02 Å². The number of rotatable bonds is 7. The number of carbonyl (C=O) groups is 2. The molecule has 0 atom stereocenters. The lowest BCUT2D eigenvalue weighted by atomic mass is 10.1. The first-order valence-electron chi connectivity index (χ1n) is 9.71. The molecule has 0 aliphatic heterocycles. The minimum atomic E-state index is -0.535. The summed E-state index contributed by atoms with van der Waals surface area (Å²) in [6, 6.07) is 23.0. The van der Waals surface area contributed by atoms with Gasteiger partial charge in [-0.3, -0.25) is 9.59 Å². The second kappa shape index (κ2) is 10.8. The van der Waals surface area contributed by atoms with Crippen LogP contribution < -0.4 is 15.4 Å². The first kappa shape index (κ1) is 22.6. The number of hydrogen-bond donors (Lipinski definition) is 2. The van der Waals surface area contributed by atoms with Gasteiger partial charge in [-0.1, -0.05) is 35.9 Å². The van der Waals surface area contributed by atoms with E-state index in [-0.39, 0.29) is 11.5 Å². The fourth-order valence-corrected chi connectivity index (χ4v) is 2.92. The molecule has 0 radical (unpaired) electrons. The molecule has 0 heterocycles. The quantitative estimate of drug-likeness (QED) is 0.375. The largest absolute Gasteiger partial charge is 0.489 e. The monoisotopic (exact) mass is 445 g/mol.